The van der Waals surface area contributed by atoms with Crippen molar-refractivity contribution in [3.05, 3.63) is 72.6 Å². The highest BCUT2D eigenvalue weighted by atomic mass is 16.5. The predicted octanol–water partition coefficient (Wildman–Crippen LogP) is 4.46. The fraction of sp³-hybridized carbons (Fsp3) is 0.0526. The van der Waals surface area contributed by atoms with Crippen molar-refractivity contribution in [2.24, 2.45) is 0 Å². The van der Waals surface area contributed by atoms with Crippen molar-refractivity contribution < 1.29 is 14.6 Å². The maximum atomic E-state index is 11.7. The second-order valence-corrected chi connectivity index (χ2v) is 5.46. The van der Waals surface area contributed by atoms with Crippen LogP contribution in [0.2, 0.25) is 0 Å². The SMILES string of the molecule is O=C(O)N(c1ccccc1)c1ccc2c(c1)OCc1cnccc1-2. The van der Waals surface area contributed by atoms with Crippen molar-refractivity contribution >= 4 is 17.5 Å². The minimum absolute atomic E-state index is 0.429. The summed E-state index contributed by atoms with van der Waals surface area (Å²) in [5.74, 6) is 0.674. The third-order valence-corrected chi connectivity index (χ3v) is 4.01. The topological polar surface area (TPSA) is 62.7 Å². The molecule has 0 aliphatic carbocycles. The quantitative estimate of drug-likeness (QED) is 0.758. The first-order valence-electron chi connectivity index (χ1n) is 7.52. The molecule has 1 amide bonds. The van der Waals surface area contributed by atoms with Gasteiger partial charge in [0.25, 0.3) is 0 Å². The summed E-state index contributed by atoms with van der Waals surface area (Å²) in [6, 6.07) is 16.4. The number of rotatable bonds is 2. The van der Waals surface area contributed by atoms with E-state index in [0.717, 1.165) is 16.7 Å². The number of pyridine rings is 1. The Bertz CT molecular complexity index is 909. The van der Waals surface area contributed by atoms with Gasteiger partial charge in [0.05, 0.1) is 11.4 Å². The summed E-state index contributed by atoms with van der Waals surface area (Å²) in [6.07, 6.45) is 2.50. The summed E-state index contributed by atoms with van der Waals surface area (Å²) in [6.45, 7) is 0.429. The van der Waals surface area contributed by atoms with E-state index in [0.29, 0.717) is 23.7 Å². The smallest absolute Gasteiger partial charge is 0.416 e. The zero-order valence-corrected chi connectivity index (χ0v) is 12.7. The summed E-state index contributed by atoms with van der Waals surface area (Å²) in [5.41, 5.74) is 4.17. The molecular formula is C19H14N2O3. The van der Waals surface area contributed by atoms with Crippen LogP contribution in [0.3, 0.4) is 0 Å². The zero-order valence-electron chi connectivity index (χ0n) is 12.7. The van der Waals surface area contributed by atoms with E-state index in [1.807, 2.05) is 30.3 Å². The van der Waals surface area contributed by atoms with Crippen LogP contribution in [-0.4, -0.2) is 16.2 Å². The van der Waals surface area contributed by atoms with Gasteiger partial charge in [0.1, 0.15) is 12.4 Å². The molecular weight excluding hydrogens is 304 g/mol. The molecule has 1 aliphatic heterocycles. The number of hydrogen-bond acceptors (Lipinski definition) is 3. The average molecular weight is 318 g/mol. The molecule has 5 heteroatoms. The monoisotopic (exact) mass is 318 g/mol. The number of ether oxygens (including phenoxy) is 1. The lowest BCUT2D eigenvalue weighted by Crippen LogP contribution is -2.23. The number of amides is 1. The van der Waals surface area contributed by atoms with Gasteiger partial charge in [0.2, 0.25) is 0 Å². The highest BCUT2D eigenvalue weighted by molar-refractivity contribution is 5.95. The Kier molecular flexibility index (Phi) is 3.39. The normalized spacial score (nSPS) is 11.8. The fourth-order valence-corrected chi connectivity index (χ4v) is 2.90. The Labute approximate surface area is 138 Å². The van der Waals surface area contributed by atoms with Crippen LogP contribution in [0.15, 0.2) is 67.0 Å². The van der Waals surface area contributed by atoms with Crippen molar-refractivity contribution in [1.29, 1.82) is 0 Å². The van der Waals surface area contributed by atoms with Crippen LogP contribution in [0.4, 0.5) is 16.2 Å². The van der Waals surface area contributed by atoms with E-state index in [-0.39, 0.29) is 0 Å². The van der Waals surface area contributed by atoms with E-state index in [4.69, 9.17) is 4.74 Å². The second kappa shape index (κ2) is 5.70. The highest BCUT2D eigenvalue weighted by Crippen LogP contribution is 2.40. The lowest BCUT2D eigenvalue weighted by atomic mass is 9.98. The van der Waals surface area contributed by atoms with Crippen molar-refractivity contribution in [3.8, 4) is 16.9 Å². The Hall–Kier alpha value is -3.34. The number of para-hydroxylation sites is 1. The molecule has 2 aromatic carbocycles. The Morgan fingerprint density at radius 2 is 1.88 bits per heavy atom. The van der Waals surface area contributed by atoms with E-state index < -0.39 is 6.09 Å². The summed E-state index contributed by atoms with van der Waals surface area (Å²) in [7, 11) is 0. The van der Waals surface area contributed by atoms with Gasteiger partial charge in [-0.25, -0.2) is 9.69 Å². The maximum absolute atomic E-state index is 11.7. The van der Waals surface area contributed by atoms with E-state index >= 15 is 0 Å². The summed E-state index contributed by atoms with van der Waals surface area (Å²) in [4.78, 5) is 17.1. The van der Waals surface area contributed by atoms with Gasteiger partial charge in [-0.2, -0.15) is 0 Å². The van der Waals surface area contributed by atoms with Crippen molar-refractivity contribution in [2.75, 3.05) is 4.90 Å². The van der Waals surface area contributed by atoms with Gasteiger partial charge in [0, 0.05) is 29.6 Å². The molecule has 0 radical (unpaired) electrons. The molecule has 1 aliphatic rings. The van der Waals surface area contributed by atoms with Gasteiger partial charge in [-0.1, -0.05) is 18.2 Å². The van der Waals surface area contributed by atoms with Gasteiger partial charge in [-0.3, -0.25) is 4.98 Å². The zero-order chi connectivity index (χ0) is 16.5. The van der Waals surface area contributed by atoms with Crippen LogP contribution in [-0.2, 0) is 6.61 Å². The first kappa shape index (κ1) is 14.3. The number of nitrogens with zero attached hydrogens (tertiary/aromatic N) is 2. The summed E-state index contributed by atoms with van der Waals surface area (Å²) >= 11 is 0. The second-order valence-electron chi connectivity index (χ2n) is 5.46. The number of anilines is 2. The Morgan fingerprint density at radius 3 is 2.67 bits per heavy atom. The largest absolute Gasteiger partial charge is 0.488 e. The van der Waals surface area contributed by atoms with Gasteiger partial charge >= 0.3 is 6.09 Å². The number of hydrogen-bond donors (Lipinski definition) is 1. The minimum Gasteiger partial charge on any atom is -0.488 e. The fourth-order valence-electron chi connectivity index (χ4n) is 2.90. The lowest BCUT2D eigenvalue weighted by molar-refractivity contribution is 0.205. The molecule has 0 fully saturated rings. The number of fused-ring (bicyclic) bond motifs is 3. The first-order valence-corrected chi connectivity index (χ1v) is 7.52. The predicted molar refractivity (Wildman–Crippen MR) is 90.6 cm³/mol. The Balaban J connectivity index is 1.80. The van der Waals surface area contributed by atoms with Crippen LogP contribution < -0.4 is 9.64 Å². The molecule has 0 atom stereocenters. The molecule has 118 valence electrons. The molecule has 1 N–H and O–H groups in total. The maximum Gasteiger partial charge on any atom is 0.416 e. The van der Waals surface area contributed by atoms with E-state index in [9.17, 15) is 9.90 Å². The Morgan fingerprint density at radius 1 is 1.04 bits per heavy atom. The molecule has 3 aromatic rings. The molecule has 4 rings (SSSR count). The molecule has 0 spiro atoms. The number of carboxylic acid groups (broad SMARTS) is 1. The third-order valence-electron chi connectivity index (χ3n) is 4.01. The van der Waals surface area contributed by atoms with Crippen molar-refractivity contribution in [3.63, 3.8) is 0 Å². The minimum atomic E-state index is -1.04. The summed E-state index contributed by atoms with van der Waals surface area (Å²) < 4.78 is 5.80. The first-order chi connectivity index (χ1) is 11.7. The lowest BCUT2D eigenvalue weighted by Gasteiger charge is -2.24. The number of aromatic nitrogens is 1. The highest BCUT2D eigenvalue weighted by Gasteiger charge is 2.22. The van der Waals surface area contributed by atoms with Gasteiger partial charge in [-0.05, 0) is 35.9 Å². The van der Waals surface area contributed by atoms with Crippen LogP contribution in [0, 0.1) is 0 Å². The molecule has 0 saturated carbocycles. The van der Waals surface area contributed by atoms with Crippen LogP contribution >= 0.6 is 0 Å². The molecule has 5 nitrogen and oxygen atoms in total. The summed E-state index contributed by atoms with van der Waals surface area (Å²) in [5, 5.41) is 9.62. The van der Waals surface area contributed by atoms with Crippen molar-refractivity contribution in [1.82, 2.24) is 4.98 Å². The number of carbonyl (C=O) groups is 1. The van der Waals surface area contributed by atoms with Gasteiger partial charge < -0.3 is 9.84 Å². The molecule has 24 heavy (non-hydrogen) atoms. The van der Waals surface area contributed by atoms with E-state index in [2.05, 4.69) is 4.98 Å². The van der Waals surface area contributed by atoms with Crippen LogP contribution in [0.5, 0.6) is 5.75 Å². The van der Waals surface area contributed by atoms with E-state index in [1.165, 1.54) is 4.90 Å². The van der Waals surface area contributed by atoms with Gasteiger partial charge in [0.15, 0.2) is 0 Å². The number of benzene rings is 2. The average Bonchev–Trinajstić information content (AvgIpc) is 2.62. The van der Waals surface area contributed by atoms with Crippen LogP contribution in [0.1, 0.15) is 5.56 Å². The van der Waals surface area contributed by atoms with Crippen LogP contribution in [0.25, 0.3) is 11.1 Å². The molecule has 0 saturated heterocycles. The van der Waals surface area contributed by atoms with E-state index in [1.54, 1.807) is 36.7 Å². The standard InChI is InChI=1S/C19H14N2O3/c22-19(23)21(14-4-2-1-3-5-14)15-6-7-17-16-8-9-20-11-13(16)12-24-18(17)10-15/h1-11H,12H2,(H,22,23). The molecule has 1 aromatic heterocycles. The van der Waals surface area contributed by atoms with Crippen molar-refractivity contribution in [2.45, 2.75) is 6.61 Å². The molecule has 0 bridgehead atoms. The molecule has 0 unspecified atom stereocenters. The molecule has 2 heterocycles. The third kappa shape index (κ3) is 2.36. The van der Waals surface area contributed by atoms with Gasteiger partial charge in [-0.15, -0.1) is 0 Å².